The van der Waals surface area contributed by atoms with Crippen LogP contribution in [0, 0.1) is 0 Å². The Morgan fingerprint density at radius 2 is 2.25 bits per heavy atom. The first-order valence-corrected chi connectivity index (χ1v) is 9.79. The molecular weight excluding hydrogens is 328 g/mol. The predicted molar refractivity (Wildman–Crippen MR) is 96.1 cm³/mol. The van der Waals surface area contributed by atoms with E-state index < -0.39 is 12.0 Å². The third-order valence-corrected chi connectivity index (χ3v) is 6.02. The van der Waals surface area contributed by atoms with Gasteiger partial charge in [-0.2, -0.15) is 11.8 Å². The molecule has 1 unspecified atom stereocenters. The maximum Gasteiger partial charge on any atom is 0.326 e. The summed E-state index contributed by atoms with van der Waals surface area (Å²) in [6.45, 7) is 2.00. The number of amides is 1. The van der Waals surface area contributed by atoms with Gasteiger partial charge in [0.1, 0.15) is 6.04 Å². The van der Waals surface area contributed by atoms with E-state index in [1.165, 1.54) is 0 Å². The molecule has 5 N–H and O–H groups in total. The fourth-order valence-corrected chi connectivity index (χ4v) is 4.70. The molecule has 1 amide bonds. The van der Waals surface area contributed by atoms with Crippen molar-refractivity contribution in [1.29, 1.82) is 0 Å². The van der Waals surface area contributed by atoms with Crippen molar-refractivity contribution in [3.05, 3.63) is 0 Å². The first kappa shape index (κ1) is 18.9. The van der Waals surface area contributed by atoms with Crippen LogP contribution in [0.1, 0.15) is 51.9 Å². The molecule has 0 aromatic rings. The van der Waals surface area contributed by atoms with E-state index in [-0.39, 0.29) is 11.9 Å². The van der Waals surface area contributed by atoms with Crippen molar-refractivity contribution in [1.82, 2.24) is 10.6 Å². The second kappa shape index (κ2) is 9.15. The van der Waals surface area contributed by atoms with Gasteiger partial charge in [0.2, 0.25) is 5.91 Å². The molecule has 0 radical (unpaired) electrons. The lowest BCUT2D eigenvalue weighted by molar-refractivity contribution is -0.142. The molecule has 8 heteroatoms. The Balaban J connectivity index is 1.63. The number of carbonyl (C=O) groups is 2. The van der Waals surface area contributed by atoms with Gasteiger partial charge in [-0.25, -0.2) is 9.79 Å². The average molecular weight is 356 g/mol. The van der Waals surface area contributed by atoms with Gasteiger partial charge in [0.15, 0.2) is 5.96 Å². The van der Waals surface area contributed by atoms with Crippen LogP contribution in [0.3, 0.4) is 0 Å². The van der Waals surface area contributed by atoms with Crippen molar-refractivity contribution in [2.75, 3.05) is 5.75 Å². The smallest absolute Gasteiger partial charge is 0.326 e. The number of hydrogen-bond acceptors (Lipinski definition) is 6. The SMILES string of the molecule is CCCCC(NC(=O)CCCC[C@@H]1SC[C@@H]2NC(N)=N[C@@H]21)C(=O)O. The summed E-state index contributed by atoms with van der Waals surface area (Å²) in [6.07, 6.45) is 5.31. The molecule has 2 heterocycles. The number of nitrogens with one attached hydrogen (secondary N) is 2. The van der Waals surface area contributed by atoms with Crippen molar-refractivity contribution in [2.45, 2.75) is 75.2 Å². The van der Waals surface area contributed by atoms with Crippen LogP contribution in [0.2, 0.25) is 0 Å². The Bertz CT molecular complexity index is 486. The molecule has 0 aromatic heterocycles. The molecule has 2 aliphatic heterocycles. The number of hydrogen-bond donors (Lipinski definition) is 4. The minimum Gasteiger partial charge on any atom is -0.480 e. The van der Waals surface area contributed by atoms with Gasteiger partial charge in [0.25, 0.3) is 0 Å². The standard InChI is InChI=1S/C16H28N4O3S/c1-2-3-6-10(15(22)23)18-13(21)8-5-4-7-12-14-11(9-24-12)19-16(17)20-14/h10-12,14H,2-9H2,1H3,(H,18,21)(H,22,23)(H3,17,19,20)/t10?,11-,12-,14-/m0/s1. The van der Waals surface area contributed by atoms with E-state index in [0.29, 0.717) is 30.1 Å². The van der Waals surface area contributed by atoms with Gasteiger partial charge in [0.05, 0.1) is 12.1 Å². The normalized spacial score (nSPS) is 26.4. The third-order valence-electron chi connectivity index (χ3n) is 4.53. The molecule has 1 fully saturated rings. The fourth-order valence-electron chi connectivity index (χ4n) is 3.19. The van der Waals surface area contributed by atoms with E-state index in [0.717, 1.165) is 37.9 Å². The molecule has 2 aliphatic rings. The van der Waals surface area contributed by atoms with Crippen LogP contribution in [0.15, 0.2) is 4.99 Å². The fraction of sp³-hybridized carbons (Fsp3) is 0.812. The highest BCUT2D eigenvalue weighted by molar-refractivity contribution is 8.00. The maximum absolute atomic E-state index is 11.9. The number of aliphatic imine (C=N–C) groups is 1. The number of thioether (sulfide) groups is 1. The predicted octanol–water partition coefficient (Wildman–Crippen LogP) is 1.08. The molecule has 0 spiro atoms. The quantitative estimate of drug-likeness (QED) is 0.435. The lowest BCUT2D eigenvalue weighted by atomic mass is 10.0. The Kier molecular flexibility index (Phi) is 7.20. The first-order valence-electron chi connectivity index (χ1n) is 8.74. The number of unbranched alkanes of at least 4 members (excludes halogenated alkanes) is 2. The van der Waals surface area contributed by atoms with Crippen LogP contribution >= 0.6 is 11.8 Å². The van der Waals surface area contributed by atoms with E-state index in [2.05, 4.69) is 15.6 Å². The van der Waals surface area contributed by atoms with Crippen LogP contribution < -0.4 is 16.4 Å². The molecule has 0 saturated carbocycles. The molecule has 1 saturated heterocycles. The molecule has 7 nitrogen and oxygen atoms in total. The summed E-state index contributed by atoms with van der Waals surface area (Å²) in [5.74, 6) is 0.452. The number of nitrogens with two attached hydrogens (primary N) is 1. The van der Waals surface area contributed by atoms with Crippen molar-refractivity contribution < 1.29 is 14.7 Å². The Morgan fingerprint density at radius 3 is 2.96 bits per heavy atom. The number of aliphatic carboxylic acids is 1. The largest absolute Gasteiger partial charge is 0.480 e. The zero-order valence-corrected chi connectivity index (χ0v) is 15.0. The lowest BCUT2D eigenvalue weighted by Gasteiger charge is -2.15. The van der Waals surface area contributed by atoms with Gasteiger partial charge in [-0.15, -0.1) is 0 Å². The van der Waals surface area contributed by atoms with E-state index in [9.17, 15) is 9.59 Å². The van der Waals surface area contributed by atoms with Gasteiger partial charge < -0.3 is 21.5 Å². The highest BCUT2D eigenvalue weighted by Crippen LogP contribution is 2.35. The topological polar surface area (TPSA) is 117 Å². The Morgan fingerprint density at radius 1 is 1.46 bits per heavy atom. The molecule has 2 rings (SSSR count). The Hall–Kier alpha value is -1.44. The number of rotatable bonds is 10. The van der Waals surface area contributed by atoms with Crippen LogP contribution in [-0.4, -0.2) is 52.1 Å². The van der Waals surface area contributed by atoms with E-state index in [1.807, 2.05) is 18.7 Å². The van der Waals surface area contributed by atoms with Crippen LogP contribution in [0.25, 0.3) is 0 Å². The van der Waals surface area contributed by atoms with Crippen molar-refractivity contribution >= 4 is 29.6 Å². The summed E-state index contributed by atoms with van der Waals surface area (Å²) in [7, 11) is 0. The molecule has 4 atom stereocenters. The second-order valence-corrected chi connectivity index (χ2v) is 7.75. The summed E-state index contributed by atoms with van der Waals surface area (Å²) in [5.41, 5.74) is 5.72. The highest BCUT2D eigenvalue weighted by atomic mass is 32.2. The second-order valence-electron chi connectivity index (χ2n) is 6.47. The summed E-state index contributed by atoms with van der Waals surface area (Å²) in [5, 5.41) is 15.4. The zero-order valence-electron chi connectivity index (χ0n) is 14.2. The maximum atomic E-state index is 11.9. The highest BCUT2D eigenvalue weighted by Gasteiger charge is 2.40. The first-order chi connectivity index (χ1) is 11.5. The van der Waals surface area contributed by atoms with Gasteiger partial charge in [-0.05, 0) is 19.3 Å². The van der Waals surface area contributed by atoms with Crippen LogP contribution in [0.5, 0.6) is 0 Å². The van der Waals surface area contributed by atoms with Gasteiger partial charge >= 0.3 is 5.97 Å². The lowest BCUT2D eigenvalue weighted by Crippen LogP contribution is -2.40. The van der Waals surface area contributed by atoms with E-state index in [1.54, 1.807) is 0 Å². The number of fused-ring (bicyclic) bond motifs is 1. The van der Waals surface area contributed by atoms with Crippen molar-refractivity contribution in [2.24, 2.45) is 10.7 Å². The number of carboxylic acid groups (broad SMARTS) is 1. The van der Waals surface area contributed by atoms with E-state index in [4.69, 9.17) is 10.8 Å². The molecule has 0 aromatic carbocycles. The van der Waals surface area contributed by atoms with Gasteiger partial charge in [0, 0.05) is 17.4 Å². The summed E-state index contributed by atoms with van der Waals surface area (Å²) >= 11 is 1.92. The van der Waals surface area contributed by atoms with Gasteiger partial charge in [-0.1, -0.05) is 26.2 Å². The molecule has 0 bridgehead atoms. The number of guanidine groups is 1. The van der Waals surface area contributed by atoms with E-state index >= 15 is 0 Å². The minimum atomic E-state index is -0.950. The van der Waals surface area contributed by atoms with Crippen LogP contribution in [0.4, 0.5) is 0 Å². The Labute approximate surface area is 147 Å². The minimum absolute atomic E-state index is 0.166. The number of carboxylic acids is 1. The van der Waals surface area contributed by atoms with Crippen LogP contribution in [-0.2, 0) is 9.59 Å². The number of carbonyl (C=O) groups excluding carboxylic acids is 1. The summed E-state index contributed by atoms with van der Waals surface area (Å²) < 4.78 is 0. The molecule has 136 valence electrons. The monoisotopic (exact) mass is 356 g/mol. The molecule has 0 aliphatic carbocycles. The van der Waals surface area contributed by atoms with Crippen molar-refractivity contribution in [3.8, 4) is 0 Å². The number of nitrogens with zero attached hydrogens (tertiary/aromatic N) is 1. The molecule has 24 heavy (non-hydrogen) atoms. The van der Waals surface area contributed by atoms with Crippen molar-refractivity contribution in [3.63, 3.8) is 0 Å². The third kappa shape index (κ3) is 5.29. The molecular formula is C16H28N4O3S. The van der Waals surface area contributed by atoms with Gasteiger partial charge in [-0.3, -0.25) is 4.79 Å². The zero-order chi connectivity index (χ0) is 17.5. The summed E-state index contributed by atoms with van der Waals surface area (Å²) in [4.78, 5) is 27.5. The summed E-state index contributed by atoms with van der Waals surface area (Å²) in [6, 6.07) is -0.141. The average Bonchev–Trinajstić information content (AvgIpc) is 3.07.